The van der Waals surface area contributed by atoms with Crippen LogP contribution in [0.1, 0.15) is 48.0 Å². The quantitative estimate of drug-likeness (QED) is 0.337. The average molecular weight is 485 g/mol. The molecule has 2 rings (SSSR count). The van der Waals surface area contributed by atoms with Gasteiger partial charge in [0.25, 0.3) is 8.32 Å². The van der Waals surface area contributed by atoms with Crippen LogP contribution in [0.15, 0.2) is 73.3 Å². The summed E-state index contributed by atoms with van der Waals surface area (Å²) in [4.78, 5) is 0. The normalized spacial score (nSPS) is 15.2. The van der Waals surface area contributed by atoms with E-state index in [4.69, 9.17) is 8.85 Å². The molecule has 2 aromatic carbocycles. The monoisotopic (exact) mass is 484 g/mol. The molecule has 0 amide bonds. The second kappa shape index (κ2) is 10.8. The van der Waals surface area contributed by atoms with Gasteiger partial charge in [-0.05, 0) is 40.0 Å². The summed E-state index contributed by atoms with van der Waals surface area (Å²) in [5.41, 5.74) is 0. The van der Waals surface area contributed by atoms with Crippen LogP contribution in [0.2, 0.25) is 23.2 Å². The van der Waals surface area contributed by atoms with Gasteiger partial charge >= 0.3 is 0 Å². The lowest BCUT2D eigenvalue weighted by Crippen LogP contribution is -2.68. The minimum absolute atomic E-state index is 0.0828. The highest BCUT2D eigenvalue weighted by molar-refractivity contribution is 6.99. The minimum atomic E-state index is -2.78. The lowest BCUT2D eigenvalue weighted by atomic mass is 10.1. The maximum atomic E-state index is 11.3. The van der Waals surface area contributed by atoms with Gasteiger partial charge in [-0.25, -0.2) is 0 Å². The molecule has 182 valence electrons. The number of aliphatic hydroxyl groups is 1. The molecule has 0 saturated heterocycles. The summed E-state index contributed by atoms with van der Waals surface area (Å²) in [6, 6.07) is 21.1. The van der Waals surface area contributed by atoms with Crippen LogP contribution in [0.3, 0.4) is 0 Å². The van der Waals surface area contributed by atoms with E-state index in [9.17, 15) is 5.11 Å². The van der Waals surface area contributed by atoms with E-state index in [1.54, 1.807) is 0 Å². The Hall–Kier alpha value is -1.51. The van der Waals surface area contributed by atoms with Crippen LogP contribution in [-0.2, 0) is 8.85 Å². The van der Waals surface area contributed by atoms with Crippen LogP contribution in [0.5, 0.6) is 0 Å². The van der Waals surface area contributed by atoms with E-state index in [0.29, 0.717) is 6.42 Å². The minimum Gasteiger partial charge on any atom is -0.414 e. The van der Waals surface area contributed by atoms with Gasteiger partial charge in [-0.15, -0.1) is 6.58 Å². The van der Waals surface area contributed by atoms with Crippen molar-refractivity contribution in [3.8, 4) is 0 Å². The molecule has 33 heavy (non-hydrogen) atoms. The van der Waals surface area contributed by atoms with E-state index in [1.807, 2.05) is 18.2 Å². The molecule has 0 aliphatic heterocycles. The predicted molar refractivity (Wildman–Crippen MR) is 146 cm³/mol. The molecular weight excluding hydrogens is 440 g/mol. The third-order valence-electron chi connectivity index (χ3n) is 6.99. The summed E-state index contributed by atoms with van der Waals surface area (Å²) < 4.78 is 13.6. The SMILES string of the molecule is C=CC[C@@H](O[Si](c1ccccc1)(c1ccccc1)C(C)(C)C)[C@H](O)CO[Si](C)(C)C(C)(C)C. The third-order valence-corrected chi connectivity index (χ3v) is 16.6. The first-order chi connectivity index (χ1) is 15.3. The summed E-state index contributed by atoms with van der Waals surface area (Å²) in [7, 11) is -4.77. The average Bonchev–Trinajstić information content (AvgIpc) is 2.74. The van der Waals surface area contributed by atoms with Crippen molar-refractivity contribution in [1.29, 1.82) is 0 Å². The Labute approximate surface area is 204 Å². The molecule has 2 aromatic rings. The largest absolute Gasteiger partial charge is 0.414 e. The van der Waals surface area contributed by atoms with Crippen LogP contribution >= 0.6 is 0 Å². The fraction of sp³-hybridized carbons (Fsp3) is 0.500. The lowest BCUT2D eigenvalue weighted by molar-refractivity contribution is -0.000419. The fourth-order valence-electron chi connectivity index (χ4n) is 3.98. The lowest BCUT2D eigenvalue weighted by Gasteiger charge is -2.46. The zero-order valence-corrected chi connectivity index (χ0v) is 23.9. The predicted octanol–water partition coefficient (Wildman–Crippen LogP) is 5.89. The highest BCUT2D eigenvalue weighted by atomic mass is 28.4. The Kier molecular flexibility index (Phi) is 9.10. The van der Waals surface area contributed by atoms with Gasteiger partial charge in [0.15, 0.2) is 8.32 Å². The van der Waals surface area contributed by atoms with Gasteiger partial charge in [0, 0.05) is 0 Å². The van der Waals surface area contributed by atoms with Gasteiger partial charge in [0.2, 0.25) is 0 Å². The maximum Gasteiger partial charge on any atom is 0.261 e. The van der Waals surface area contributed by atoms with Crippen molar-refractivity contribution in [3.05, 3.63) is 73.3 Å². The Bertz CT molecular complexity index is 828. The molecule has 0 aromatic heterocycles. The molecular formula is C28H44O3Si2. The first kappa shape index (κ1) is 27.7. The zero-order valence-electron chi connectivity index (χ0n) is 21.9. The van der Waals surface area contributed by atoms with E-state index in [1.165, 1.54) is 10.4 Å². The molecule has 0 heterocycles. The van der Waals surface area contributed by atoms with Crippen molar-refractivity contribution in [2.24, 2.45) is 0 Å². The summed E-state index contributed by atoms with van der Waals surface area (Å²) in [6.45, 7) is 22.1. The molecule has 0 bridgehead atoms. The molecule has 0 fully saturated rings. The van der Waals surface area contributed by atoms with Crippen LogP contribution in [0.4, 0.5) is 0 Å². The standard InChI is InChI=1S/C28H44O3Si2/c1-10-17-26(25(29)22-30-32(8,9)27(2,3)4)31-33(28(5,6)7,23-18-13-11-14-19-23)24-20-15-12-16-21-24/h10-16,18-21,25-26,29H,1,17,22H2,2-9H3/t25-,26-/m1/s1. The van der Waals surface area contributed by atoms with Crippen molar-refractivity contribution < 1.29 is 14.0 Å². The summed E-state index contributed by atoms with van der Waals surface area (Å²) >= 11 is 0. The van der Waals surface area contributed by atoms with Gasteiger partial charge in [-0.1, -0.05) is 108 Å². The summed E-state index contributed by atoms with van der Waals surface area (Å²) in [5, 5.41) is 13.7. The Morgan fingerprint density at radius 3 is 1.67 bits per heavy atom. The topological polar surface area (TPSA) is 38.7 Å². The molecule has 3 nitrogen and oxygen atoms in total. The molecule has 1 N–H and O–H groups in total. The third kappa shape index (κ3) is 6.34. The first-order valence-electron chi connectivity index (χ1n) is 12.0. The van der Waals surface area contributed by atoms with E-state index < -0.39 is 28.8 Å². The number of hydrogen-bond acceptors (Lipinski definition) is 3. The highest BCUT2D eigenvalue weighted by Gasteiger charge is 2.52. The van der Waals surface area contributed by atoms with Crippen molar-refractivity contribution in [2.45, 2.75) is 83.3 Å². The number of rotatable bonds is 10. The Morgan fingerprint density at radius 2 is 1.30 bits per heavy atom. The Balaban J connectivity index is 2.51. The van der Waals surface area contributed by atoms with Gasteiger partial charge in [-0.2, -0.15) is 0 Å². The number of hydrogen-bond donors (Lipinski definition) is 1. The van der Waals surface area contributed by atoms with Crippen LogP contribution in [0, 0.1) is 0 Å². The first-order valence-corrected chi connectivity index (χ1v) is 16.8. The van der Waals surface area contributed by atoms with Gasteiger partial charge < -0.3 is 14.0 Å². The number of benzene rings is 2. The molecule has 0 aliphatic carbocycles. The number of aliphatic hydroxyl groups excluding tert-OH is 1. The smallest absolute Gasteiger partial charge is 0.261 e. The second-order valence-corrected chi connectivity index (χ2v) is 20.5. The second-order valence-electron chi connectivity index (χ2n) is 11.5. The van der Waals surface area contributed by atoms with Gasteiger partial charge in [-0.3, -0.25) is 0 Å². The molecule has 0 aliphatic rings. The molecule has 2 atom stereocenters. The van der Waals surface area contributed by atoms with E-state index in [-0.39, 0.29) is 16.7 Å². The van der Waals surface area contributed by atoms with Gasteiger partial charge in [0.05, 0.1) is 12.7 Å². The summed E-state index contributed by atoms with van der Waals surface area (Å²) in [6.07, 6.45) is 1.27. The van der Waals surface area contributed by atoms with Gasteiger partial charge in [0.1, 0.15) is 6.10 Å². The van der Waals surface area contributed by atoms with Crippen molar-refractivity contribution in [1.82, 2.24) is 0 Å². The molecule has 0 radical (unpaired) electrons. The van der Waals surface area contributed by atoms with Crippen molar-refractivity contribution >= 4 is 27.0 Å². The summed E-state index contributed by atoms with van der Waals surface area (Å²) in [5.74, 6) is 0. The highest BCUT2D eigenvalue weighted by Crippen LogP contribution is 2.39. The maximum absolute atomic E-state index is 11.3. The van der Waals surface area contributed by atoms with Crippen LogP contribution < -0.4 is 10.4 Å². The van der Waals surface area contributed by atoms with E-state index in [2.05, 4.69) is 110 Å². The zero-order chi connectivity index (χ0) is 24.9. The molecule has 0 saturated carbocycles. The molecule has 5 heteroatoms. The molecule has 0 unspecified atom stereocenters. The van der Waals surface area contributed by atoms with E-state index >= 15 is 0 Å². The molecule has 0 spiro atoms. The van der Waals surface area contributed by atoms with Crippen molar-refractivity contribution in [3.63, 3.8) is 0 Å². The Morgan fingerprint density at radius 1 is 0.848 bits per heavy atom. The van der Waals surface area contributed by atoms with E-state index in [0.717, 1.165) is 0 Å². The van der Waals surface area contributed by atoms with Crippen molar-refractivity contribution in [2.75, 3.05) is 6.61 Å². The van der Waals surface area contributed by atoms with Crippen LogP contribution in [0.25, 0.3) is 0 Å². The van der Waals surface area contributed by atoms with Crippen LogP contribution in [-0.4, -0.2) is 40.6 Å². The fourth-order valence-corrected chi connectivity index (χ4v) is 9.73.